The van der Waals surface area contributed by atoms with Gasteiger partial charge in [-0.25, -0.2) is 9.59 Å². The zero-order valence-corrected chi connectivity index (χ0v) is 26.7. The number of thioether (sulfide) groups is 1. The van der Waals surface area contributed by atoms with Crippen LogP contribution in [0.25, 0.3) is 0 Å². The topological polar surface area (TPSA) is 114 Å². The zero-order valence-electron chi connectivity index (χ0n) is 25.0. The van der Waals surface area contributed by atoms with Gasteiger partial charge in [0.25, 0.3) is 0 Å². The average molecular weight is 616 g/mol. The van der Waals surface area contributed by atoms with Crippen molar-refractivity contribution in [3.05, 3.63) is 40.3 Å². The molecule has 1 saturated carbocycles. The van der Waals surface area contributed by atoms with E-state index in [1.54, 1.807) is 4.90 Å². The first-order valence-corrected chi connectivity index (χ1v) is 16.3. The molecular weight excluding hydrogens is 574 g/mol. The van der Waals surface area contributed by atoms with Gasteiger partial charge in [0.2, 0.25) is 11.8 Å². The predicted molar refractivity (Wildman–Crippen MR) is 166 cm³/mol. The Labute approximate surface area is 256 Å². The van der Waals surface area contributed by atoms with Gasteiger partial charge in [0.1, 0.15) is 10.6 Å². The molecule has 11 heteroatoms. The second kappa shape index (κ2) is 13.9. The number of nitrogens with one attached hydrogen (secondary N) is 2. The summed E-state index contributed by atoms with van der Waals surface area (Å²) >= 11 is 2.70. The van der Waals surface area contributed by atoms with E-state index in [1.807, 2.05) is 52.0 Å². The predicted octanol–water partition coefficient (Wildman–Crippen LogP) is 6.86. The summed E-state index contributed by atoms with van der Waals surface area (Å²) in [6.45, 7) is 8.09. The highest BCUT2D eigenvalue weighted by molar-refractivity contribution is 8.00. The molecule has 1 unspecified atom stereocenters. The van der Waals surface area contributed by atoms with Crippen LogP contribution in [0.5, 0.6) is 0 Å². The molecule has 2 heterocycles. The first-order valence-electron chi connectivity index (χ1n) is 14.6. The summed E-state index contributed by atoms with van der Waals surface area (Å²) in [4.78, 5) is 55.0. The van der Waals surface area contributed by atoms with E-state index in [0.29, 0.717) is 36.5 Å². The highest BCUT2D eigenvalue weighted by Crippen LogP contribution is 2.39. The van der Waals surface area contributed by atoms with E-state index in [9.17, 15) is 19.2 Å². The minimum atomic E-state index is -0.615. The quantitative estimate of drug-likeness (QED) is 0.246. The van der Waals surface area contributed by atoms with Crippen molar-refractivity contribution in [3.8, 4) is 0 Å². The molecule has 0 spiro atoms. The fourth-order valence-corrected chi connectivity index (χ4v) is 7.49. The summed E-state index contributed by atoms with van der Waals surface area (Å²) in [5.41, 5.74) is 1.25. The van der Waals surface area contributed by atoms with Gasteiger partial charge < -0.3 is 25.0 Å². The van der Waals surface area contributed by atoms with Crippen molar-refractivity contribution in [3.63, 3.8) is 0 Å². The maximum absolute atomic E-state index is 13.5. The van der Waals surface area contributed by atoms with Crippen LogP contribution in [-0.2, 0) is 32.0 Å². The number of hydrogen-bond donors (Lipinski definition) is 2. The van der Waals surface area contributed by atoms with E-state index < -0.39 is 22.9 Å². The number of amides is 3. The number of nitrogens with zero attached hydrogens (tertiary/aromatic N) is 1. The largest absolute Gasteiger partial charge is 0.465 e. The van der Waals surface area contributed by atoms with Gasteiger partial charge in [0.15, 0.2) is 0 Å². The second-order valence-corrected chi connectivity index (χ2v) is 14.1. The third-order valence-electron chi connectivity index (χ3n) is 7.35. The maximum Gasteiger partial charge on any atom is 0.410 e. The maximum atomic E-state index is 13.5. The van der Waals surface area contributed by atoms with Crippen LogP contribution in [0.4, 0.5) is 15.5 Å². The lowest BCUT2D eigenvalue weighted by Crippen LogP contribution is -2.39. The van der Waals surface area contributed by atoms with Crippen molar-refractivity contribution >= 4 is 57.7 Å². The SMILES string of the molecule is CCC(Sc1cccc(NC(=O)C2CCCCC2)c1)C(=O)Nc1sc2c(c1C(=O)OC)CCN(C(=O)OC(C)(C)C)C2. The van der Waals surface area contributed by atoms with Crippen molar-refractivity contribution in [1.29, 1.82) is 0 Å². The van der Waals surface area contributed by atoms with Crippen molar-refractivity contribution in [2.24, 2.45) is 5.92 Å². The second-order valence-electron chi connectivity index (χ2n) is 11.7. The number of carbonyl (C=O) groups is 4. The number of methoxy groups -OCH3 is 1. The molecule has 2 aliphatic rings. The minimum absolute atomic E-state index is 0.0565. The third kappa shape index (κ3) is 8.06. The molecule has 3 amide bonds. The Kier molecular flexibility index (Phi) is 10.6. The summed E-state index contributed by atoms with van der Waals surface area (Å²) in [6, 6.07) is 7.57. The molecule has 1 atom stereocenters. The van der Waals surface area contributed by atoms with Crippen LogP contribution >= 0.6 is 23.1 Å². The summed E-state index contributed by atoms with van der Waals surface area (Å²) in [6.07, 6.45) is 5.83. The van der Waals surface area contributed by atoms with E-state index >= 15 is 0 Å². The molecule has 0 saturated heterocycles. The fraction of sp³-hybridized carbons (Fsp3) is 0.548. The van der Waals surface area contributed by atoms with E-state index in [-0.39, 0.29) is 17.7 Å². The van der Waals surface area contributed by atoms with Crippen LogP contribution in [0.1, 0.15) is 87.0 Å². The smallest absolute Gasteiger partial charge is 0.410 e. The van der Waals surface area contributed by atoms with E-state index in [2.05, 4.69) is 10.6 Å². The molecule has 1 fully saturated rings. The van der Waals surface area contributed by atoms with Crippen molar-refractivity contribution in [1.82, 2.24) is 4.90 Å². The molecule has 1 aromatic carbocycles. The molecular formula is C31H41N3O6S2. The third-order valence-corrected chi connectivity index (χ3v) is 9.84. The van der Waals surface area contributed by atoms with Crippen LogP contribution in [-0.4, -0.2) is 53.3 Å². The first kappa shape index (κ1) is 31.9. The molecule has 1 aromatic heterocycles. The monoisotopic (exact) mass is 615 g/mol. The van der Waals surface area contributed by atoms with Crippen molar-refractivity contribution in [2.75, 3.05) is 24.3 Å². The van der Waals surface area contributed by atoms with Gasteiger partial charge in [-0.2, -0.15) is 0 Å². The fourth-order valence-electron chi connectivity index (χ4n) is 5.23. The Morgan fingerprint density at radius 3 is 2.52 bits per heavy atom. The van der Waals surface area contributed by atoms with Crippen LogP contribution in [0.2, 0.25) is 0 Å². The van der Waals surface area contributed by atoms with Crippen molar-refractivity contribution in [2.45, 2.75) is 94.9 Å². The van der Waals surface area contributed by atoms with Gasteiger partial charge in [-0.1, -0.05) is 32.3 Å². The van der Waals surface area contributed by atoms with E-state index in [0.717, 1.165) is 46.7 Å². The lowest BCUT2D eigenvalue weighted by atomic mass is 9.88. The van der Waals surface area contributed by atoms with Gasteiger partial charge in [-0.15, -0.1) is 23.1 Å². The Bertz CT molecular complexity index is 1310. The molecule has 4 rings (SSSR count). The van der Waals surface area contributed by atoms with E-state index in [1.165, 1.54) is 36.6 Å². The van der Waals surface area contributed by atoms with E-state index in [4.69, 9.17) is 9.47 Å². The number of ether oxygens (including phenoxy) is 2. The van der Waals surface area contributed by atoms with Crippen LogP contribution < -0.4 is 10.6 Å². The number of thiophene rings is 1. The number of hydrogen-bond acceptors (Lipinski definition) is 8. The summed E-state index contributed by atoms with van der Waals surface area (Å²) in [7, 11) is 1.32. The minimum Gasteiger partial charge on any atom is -0.465 e. The van der Waals surface area contributed by atoms with Crippen molar-refractivity contribution < 1.29 is 28.7 Å². The van der Waals surface area contributed by atoms with Gasteiger partial charge in [-0.3, -0.25) is 9.59 Å². The van der Waals surface area contributed by atoms with Gasteiger partial charge in [0.05, 0.1) is 24.5 Å². The highest BCUT2D eigenvalue weighted by Gasteiger charge is 2.33. The summed E-state index contributed by atoms with van der Waals surface area (Å²) < 4.78 is 10.6. The Hall–Kier alpha value is -3.05. The molecule has 9 nitrogen and oxygen atoms in total. The Balaban J connectivity index is 1.46. The van der Waals surface area contributed by atoms with Gasteiger partial charge >= 0.3 is 12.1 Å². The normalized spacial score (nSPS) is 16.3. The number of anilines is 2. The number of fused-ring (bicyclic) bond motifs is 1. The Morgan fingerprint density at radius 2 is 1.86 bits per heavy atom. The number of rotatable bonds is 8. The van der Waals surface area contributed by atoms with Crippen LogP contribution in [0, 0.1) is 5.92 Å². The molecule has 0 bridgehead atoms. The summed E-state index contributed by atoms with van der Waals surface area (Å²) in [5.74, 6) is -0.632. The average Bonchev–Trinajstić information content (AvgIpc) is 3.32. The van der Waals surface area contributed by atoms with Gasteiger partial charge in [-0.05, 0) is 70.2 Å². The standard InChI is InChI=1S/C31H41N3O6S2/c1-6-23(41-21-14-10-13-20(17-21)32-26(35)19-11-8-7-9-12-19)27(36)33-28-25(29(37)39-5)22-15-16-34(18-24(22)42-28)30(38)40-31(2,3)4/h10,13-14,17,19,23H,6-9,11-12,15-16,18H2,1-5H3,(H,32,35)(H,33,36). The summed E-state index contributed by atoms with van der Waals surface area (Å²) in [5, 5.41) is 6.02. The molecule has 2 N–H and O–H groups in total. The number of carbonyl (C=O) groups excluding carboxylic acids is 4. The lowest BCUT2D eigenvalue weighted by Gasteiger charge is -2.30. The highest BCUT2D eigenvalue weighted by atomic mass is 32.2. The van der Waals surface area contributed by atoms with Gasteiger partial charge in [0, 0.05) is 27.9 Å². The molecule has 1 aliphatic heterocycles. The number of benzene rings is 1. The van der Waals surface area contributed by atoms with Crippen LogP contribution in [0.3, 0.4) is 0 Å². The lowest BCUT2D eigenvalue weighted by molar-refractivity contribution is -0.120. The van der Waals surface area contributed by atoms with Crippen LogP contribution in [0.15, 0.2) is 29.2 Å². The molecule has 42 heavy (non-hydrogen) atoms. The number of esters is 1. The first-order chi connectivity index (χ1) is 20.0. The molecule has 228 valence electrons. The molecule has 2 aromatic rings. The molecule has 1 aliphatic carbocycles. The zero-order chi connectivity index (χ0) is 30.4. The molecule has 0 radical (unpaired) electrons. The Morgan fingerprint density at radius 1 is 1.12 bits per heavy atom.